The Balaban J connectivity index is 1.88. The van der Waals surface area contributed by atoms with Crippen LogP contribution in [0.25, 0.3) is 0 Å². The van der Waals surface area contributed by atoms with E-state index in [-0.39, 0.29) is 23.5 Å². The van der Waals surface area contributed by atoms with Crippen LogP contribution in [0.3, 0.4) is 0 Å². The fraction of sp³-hybridized carbons (Fsp3) is 0.111. The normalized spacial score (nSPS) is 10.7. The minimum Gasteiger partial charge on any atom is -0.306 e. The summed E-state index contributed by atoms with van der Waals surface area (Å²) in [6, 6.07) is 8.67. The molecule has 0 atom stereocenters. The average Bonchev–Trinajstić information content (AvgIpc) is 2.92. The lowest BCUT2D eigenvalue weighted by Crippen LogP contribution is -2.18. The lowest BCUT2D eigenvalue weighted by molar-refractivity contribution is 0.102. The molecule has 1 N–H and O–H groups in total. The van der Waals surface area contributed by atoms with Crippen molar-refractivity contribution in [1.29, 1.82) is 0 Å². The molecule has 1 heterocycles. The van der Waals surface area contributed by atoms with E-state index >= 15 is 0 Å². The molecule has 3 aromatic rings. The lowest BCUT2D eigenvalue weighted by Gasteiger charge is -2.11. The standard InChI is InChI=1S/C18H14F3N3O/c1-11-9-22-24(10-12-8-13(19)6-7-15(12)20)17(11)23-18(25)14-4-2-3-5-16(14)21/h2-9H,10H2,1H3,(H,23,25). The van der Waals surface area contributed by atoms with Gasteiger partial charge in [-0.25, -0.2) is 17.9 Å². The number of carbonyl (C=O) groups excluding carboxylic acids is 1. The van der Waals surface area contributed by atoms with Crippen molar-refractivity contribution in [2.75, 3.05) is 5.32 Å². The molecular formula is C18H14F3N3O. The largest absolute Gasteiger partial charge is 0.306 e. The van der Waals surface area contributed by atoms with Crippen molar-refractivity contribution >= 4 is 11.7 Å². The lowest BCUT2D eigenvalue weighted by atomic mass is 10.2. The molecular weight excluding hydrogens is 331 g/mol. The number of nitrogens with zero attached hydrogens (tertiary/aromatic N) is 2. The zero-order chi connectivity index (χ0) is 18.0. The Morgan fingerprint density at radius 3 is 2.64 bits per heavy atom. The first kappa shape index (κ1) is 16.8. The van der Waals surface area contributed by atoms with Gasteiger partial charge in [0.05, 0.1) is 18.3 Å². The van der Waals surface area contributed by atoms with E-state index in [4.69, 9.17) is 0 Å². The van der Waals surface area contributed by atoms with Crippen molar-refractivity contribution in [3.8, 4) is 0 Å². The first-order chi connectivity index (χ1) is 12.0. The summed E-state index contributed by atoms with van der Waals surface area (Å²) < 4.78 is 42.2. The van der Waals surface area contributed by atoms with Gasteiger partial charge in [0.2, 0.25) is 0 Å². The molecule has 0 aliphatic rings. The van der Waals surface area contributed by atoms with Crippen LogP contribution >= 0.6 is 0 Å². The van der Waals surface area contributed by atoms with E-state index in [1.54, 1.807) is 13.0 Å². The molecule has 25 heavy (non-hydrogen) atoms. The molecule has 0 unspecified atom stereocenters. The van der Waals surface area contributed by atoms with Crippen molar-refractivity contribution in [3.63, 3.8) is 0 Å². The topological polar surface area (TPSA) is 46.9 Å². The number of amides is 1. The Kier molecular flexibility index (Phi) is 4.56. The van der Waals surface area contributed by atoms with E-state index in [9.17, 15) is 18.0 Å². The molecule has 2 aromatic carbocycles. The molecule has 3 rings (SSSR count). The first-order valence-electron chi connectivity index (χ1n) is 7.48. The van der Waals surface area contributed by atoms with Crippen LogP contribution in [0.2, 0.25) is 0 Å². The summed E-state index contributed by atoms with van der Waals surface area (Å²) in [6.45, 7) is 1.62. The number of hydrogen-bond donors (Lipinski definition) is 1. The van der Waals surface area contributed by atoms with Gasteiger partial charge in [0.1, 0.15) is 23.3 Å². The van der Waals surface area contributed by atoms with Gasteiger partial charge in [0.15, 0.2) is 0 Å². The third-order valence-electron chi connectivity index (χ3n) is 3.70. The summed E-state index contributed by atoms with van der Waals surface area (Å²) in [5, 5.41) is 6.65. The number of halogens is 3. The van der Waals surface area contributed by atoms with E-state index in [2.05, 4.69) is 10.4 Å². The minimum atomic E-state index is -0.653. The second-order valence-electron chi connectivity index (χ2n) is 5.50. The van der Waals surface area contributed by atoms with Gasteiger partial charge in [-0.15, -0.1) is 0 Å². The zero-order valence-corrected chi connectivity index (χ0v) is 13.3. The summed E-state index contributed by atoms with van der Waals surface area (Å²) in [6.07, 6.45) is 1.48. The summed E-state index contributed by atoms with van der Waals surface area (Å²) in [4.78, 5) is 12.3. The molecule has 4 nitrogen and oxygen atoms in total. The molecule has 1 amide bonds. The summed E-state index contributed by atoms with van der Waals surface area (Å²) in [5.41, 5.74) is 0.581. The van der Waals surface area contributed by atoms with Gasteiger partial charge in [-0.2, -0.15) is 5.10 Å². The fourth-order valence-electron chi connectivity index (χ4n) is 2.41. The van der Waals surface area contributed by atoms with Crippen LogP contribution < -0.4 is 5.32 Å². The number of nitrogens with one attached hydrogen (secondary N) is 1. The molecule has 0 saturated heterocycles. The maximum atomic E-state index is 13.8. The maximum absolute atomic E-state index is 13.8. The molecule has 7 heteroatoms. The zero-order valence-electron chi connectivity index (χ0n) is 13.3. The van der Waals surface area contributed by atoms with Crippen LogP contribution in [0.1, 0.15) is 21.5 Å². The van der Waals surface area contributed by atoms with Crippen LogP contribution in [-0.2, 0) is 6.54 Å². The number of anilines is 1. The highest BCUT2D eigenvalue weighted by Gasteiger charge is 2.16. The van der Waals surface area contributed by atoms with Crippen molar-refractivity contribution in [3.05, 3.63) is 82.8 Å². The summed E-state index contributed by atoms with van der Waals surface area (Å²) >= 11 is 0. The Labute approximate surface area is 141 Å². The van der Waals surface area contributed by atoms with Crippen LogP contribution in [0.5, 0.6) is 0 Å². The number of aromatic nitrogens is 2. The Morgan fingerprint density at radius 2 is 1.88 bits per heavy atom. The van der Waals surface area contributed by atoms with Crippen LogP contribution in [0, 0.1) is 24.4 Å². The molecule has 0 bridgehead atoms. The second-order valence-corrected chi connectivity index (χ2v) is 5.50. The fourth-order valence-corrected chi connectivity index (χ4v) is 2.41. The Morgan fingerprint density at radius 1 is 1.12 bits per heavy atom. The summed E-state index contributed by atoms with van der Waals surface area (Å²) in [7, 11) is 0. The molecule has 0 radical (unpaired) electrons. The Hall–Kier alpha value is -3.09. The van der Waals surface area contributed by atoms with Crippen molar-refractivity contribution < 1.29 is 18.0 Å². The minimum absolute atomic E-state index is 0.0790. The first-order valence-corrected chi connectivity index (χ1v) is 7.48. The Bertz CT molecular complexity index is 937. The van der Waals surface area contributed by atoms with Gasteiger partial charge < -0.3 is 5.32 Å². The van der Waals surface area contributed by atoms with E-state index in [0.717, 1.165) is 18.2 Å². The van der Waals surface area contributed by atoms with E-state index in [0.29, 0.717) is 5.56 Å². The molecule has 0 aliphatic carbocycles. The highest BCUT2D eigenvalue weighted by Crippen LogP contribution is 2.19. The highest BCUT2D eigenvalue weighted by atomic mass is 19.1. The third-order valence-corrected chi connectivity index (χ3v) is 3.70. The van der Waals surface area contributed by atoms with E-state index in [1.165, 1.54) is 29.1 Å². The third kappa shape index (κ3) is 3.55. The molecule has 1 aromatic heterocycles. The number of aryl methyl sites for hydroxylation is 1. The van der Waals surface area contributed by atoms with Crippen LogP contribution in [-0.4, -0.2) is 15.7 Å². The molecule has 0 spiro atoms. The van der Waals surface area contributed by atoms with Crippen molar-refractivity contribution in [1.82, 2.24) is 9.78 Å². The maximum Gasteiger partial charge on any atom is 0.259 e. The predicted octanol–water partition coefficient (Wildman–Crippen LogP) is 3.91. The van der Waals surface area contributed by atoms with E-state index < -0.39 is 23.4 Å². The monoisotopic (exact) mass is 345 g/mol. The van der Waals surface area contributed by atoms with Crippen molar-refractivity contribution in [2.24, 2.45) is 0 Å². The van der Waals surface area contributed by atoms with Crippen LogP contribution in [0.15, 0.2) is 48.7 Å². The van der Waals surface area contributed by atoms with Crippen LogP contribution in [0.4, 0.5) is 19.0 Å². The number of benzene rings is 2. The second kappa shape index (κ2) is 6.80. The van der Waals surface area contributed by atoms with E-state index in [1.807, 2.05) is 0 Å². The molecule has 128 valence electrons. The SMILES string of the molecule is Cc1cnn(Cc2cc(F)ccc2F)c1NC(=O)c1ccccc1F. The molecule has 0 aliphatic heterocycles. The molecule has 0 saturated carbocycles. The highest BCUT2D eigenvalue weighted by molar-refractivity contribution is 6.04. The van der Waals surface area contributed by atoms with Gasteiger partial charge >= 0.3 is 0 Å². The number of carbonyl (C=O) groups is 1. The quantitative estimate of drug-likeness (QED) is 0.779. The van der Waals surface area contributed by atoms with Gasteiger partial charge in [-0.05, 0) is 37.3 Å². The summed E-state index contributed by atoms with van der Waals surface area (Å²) in [5.74, 6) is -2.17. The van der Waals surface area contributed by atoms with Gasteiger partial charge in [-0.1, -0.05) is 12.1 Å². The molecule has 0 fully saturated rings. The van der Waals surface area contributed by atoms with Crippen molar-refractivity contribution in [2.45, 2.75) is 13.5 Å². The number of hydrogen-bond acceptors (Lipinski definition) is 2. The van der Waals surface area contributed by atoms with Gasteiger partial charge in [-0.3, -0.25) is 4.79 Å². The smallest absolute Gasteiger partial charge is 0.259 e. The van der Waals surface area contributed by atoms with Gasteiger partial charge in [0, 0.05) is 11.1 Å². The number of rotatable bonds is 4. The average molecular weight is 345 g/mol. The van der Waals surface area contributed by atoms with Gasteiger partial charge in [0.25, 0.3) is 5.91 Å². The predicted molar refractivity (Wildman–Crippen MR) is 86.8 cm³/mol.